The molecule has 168 valence electrons. The molecule has 0 amide bonds. The largest absolute Gasteiger partial charge is 0.497 e. The van der Waals surface area contributed by atoms with E-state index in [9.17, 15) is 4.79 Å². The van der Waals surface area contributed by atoms with Gasteiger partial charge in [-0.05, 0) is 51.0 Å². The summed E-state index contributed by atoms with van der Waals surface area (Å²) in [5.41, 5.74) is 0.719. The highest BCUT2D eigenvalue weighted by atomic mass is 16.5. The Hall–Kier alpha value is -1.15. The van der Waals surface area contributed by atoms with Gasteiger partial charge in [0.15, 0.2) is 0 Å². The van der Waals surface area contributed by atoms with Crippen molar-refractivity contribution in [2.75, 3.05) is 34.4 Å². The highest BCUT2D eigenvalue weighted by molar-refractivity contribution is 5.89. The maximum Gasteiger partial charge on any atom is 0.337 e. The molecular weight excluding hydrogens is 384 g/mol. The van der Waals surface area contributed by atoms with Crippen LogP contribution in [-0.4, -0.2) is 81.7 Å². The number of methoxy groups -OCH3 is 3. The molecule has 4 aliphatic heterocycles. The number of ether oxygens (including phenoxy) is 4. The zero-order valence-corrected chi connectivity index (χ0v) is 18.6. The lowest BCUT2D eigenvalue weighted by atomic mass is 9.67. The van der Waals surface area contributed by atoms with Crippen molar-refractivity contribution >= 4 is 5.97 Å². The minimum atomic E-state index is -0.239. The first kappa shape index (κ1) is 20.7. The Morgan fingerprint density at radius 1 is 1.10 bits per heavy atom. The first-order valence-electron chi connectivity index (χ1n) is 11.5. The van der Waals surface area contributed by atoms with E-state index in [0.717, 1.165) is 37.9 Å². The molecule has 1 aliphatic carbocycles. The molecule has 1 saturated carbocycles. The fourth-order valence-corrected chi connectivity index (χ4v) is 7.33. The Morgan fingerprint density at radius 2 is 1.87 bits per heavy atom. The van der Waals surface area contributed by atoms with Crippen molar-refractivity contribution < 1.29 is 23.7 Å². The van der Waals surface area contributed by atoms with E-state index in [-0.39, 0.29) is 30.2 Å². The van der Waals surface area contributed by atoms with E-state index >= 15 is 0 Å². The van der Waals surface area contributed by atoms with Crippen molar-refractivity contribution in [3.05, 3.63) is 11.8 Å². The maximum absolute atomic E-state index is 12.4. The molecule has 0 radical (unpaired) electrons. The van der Waals surface area contributed by atoms with Crippen molar-refractivity contribution in [2.24, 2.45) is 23.7 Å². The summed E-state index contributed by atoms with van der Waals surface area (Å²) in [6.07, 6.45) is 6.48. The molecule has 10 atom stereocenters. The Kier molecular flexibility index (Phi) is 5.58. The van der Waals surface area contributed by atoms with Crippen LogP contribution in [0.4, 0.5) is 0 Å². The average molecular weight is 421 g/mol. The average Bonchev–Trinajstić information content (AvgIpc) is 3.14. The van der Waals surface area contributed by atoms with E-state index in [1.54, 1.807) is 13.4 Å². The third-order valence-corrected chi connectivity index (χ3v) is 8.87. The van der Waals surface area contributed by atoms with Gasteiger partial charge in [0.05, 0.1) is 37.3 Å². The van der Waals surface area contributed by atoms with Gasteiger partial charge in [0.1, 0.15) is 0 Å². The monoisotopic (exact) mass is 420 g/mol. The van der Waals surface area contributed by atoms with Gasteiger partial charge < -0.3 is 24.3 Å². The molecule has 0 spiro atoms. The molecule has 0 bridgehead atoms. The quantitative estimate of drug-likeness (QED) is 0.695. The molecule has 7 unspecified atom stereocenters. The predicted molar refractivity (Wildman–Crippen MR) is 111 cm³/mol. The van der Waals surface area contributed by atoms with Gasteiger partial charge in [-0.3, -0.25) is 4.90 Å². The lowest BCUT2D eigenvalue weighted by Gasteiger charge is -2.53. The summed E-state index contributed by atoms with van der Waals surface area (Å²) >= 11 is 0. The third kappa shape index (κ3) is 3.20. The van der Waals surface area contributed by atoms with Gasteiger partial charge in [-0.25, -0.2) is 4.79 Å². The first-order valence-corrected chi connectivity index (χ1v) is 11.5. The normalized spacial score (nSPS) is 47.8. The Labute approximate surface area is 179 Å². The summed E-state index contributed by atoms with van der Waals surface area (Å²) in [7, 11) is 5.08. The Morgan fingerprint density at radius 3 is 2.60 bits per heavy atom. The number of esters is 1. The fraction of sp³-hybridized carbons (Fsp3) is 0.870. The number of rotatable bonds is 3. The molecule has 30 heavy (non-hydrogen) atoms. The van der Waals surface area contributed by atoms with Crippen LogP contribution in [0.2, 0.25) is 0 Å². The number of carbonyl (C=O) groups is 1. The minimum absolute atomic E-state index is 0.131. The number of fused-ring (bicyclic) bond motifs is 6. The van der Waals surface area contributed by atoms with E-state index in [1.807, 2.05) is 7.11 Å². The fourth-order valence-electron chi connectivity index (χ4n) is 7.33. The summed E-state index contributed by atoms with van der Waals surface area (Å²) in [6.45, 7) is 4.26. The van der Waals surface area contributed by atoms with Gasteiger partial charge in [0.25, 0.3) is 0 Å². The zero-order chi connectivity index (χ0) is 21.0. The van der Waals surface area contributed by atoms with Crippen molar-refractivity contribution in [1.29, 1.82) is 0 Å². The number of carbonyl (C=O) groups excluding carboxylic acids is 1. The van der Waals surface area contributed by atoms with Crippen molar-refractivity contribution in [2.45, 2.75) is 69.0 Å². The van der Waals surface area contributed by atoms with E-state index in [1.165, 1.54) is 13.5 Å². The van der Waals surface area contributed by atoms with Gasteiger partial charge in [0.2, 0.25) is 0 Å². The smallest absolute Gasteiger partial charge is 0.337 e. The number of hydrogen-bond donors (Lipinski definition) is 1. The predicted octanol–water partition coefficient (Wildman–Crippen LogP) is 1.57. The second kappa shape index (κ2) is 8.08. The molecular formula is C23H36N2O5. The lowest BCUT2D eigenvalue weighted by Crippen LogP contribution is -2.62. The zero-order valence-electron chi connectivity index (χ0n) is 18.6. The van der Waals surface area contributed by atoms with Crippen molar-refractivity contribution in [3.63, 3.8) is 0 Å². The van der Waals surface area contributed by atoms with E-state index < -0.39 is 0 Å². The lowest BCUT2D eigenvalue weighted by molar-refractivity contribution is -0.139. The number of piperidine rings is 2. The van der Waals surface area contributed by atoms with Crippen LogP contribution in [0, 0.1) is 23.7 Å². The van der Waals surface area contributed by atoms with Crippen LogP contribution < -0.4 is 5.32 Å². The van der Waals surface area contributed by atoms with Crippen LogP contribution in [0.25, 0.3) is 0 Å². The van der Waals surface area contributed by atoms with Crippen LogP contribution in [0.3, 0.4) is 0 Å². The number of nitrogens with zero attached hydrogens (tertiary/aromatic N) is 1. The van der Waals surface area contributed by atoms with Gasteiger partial charge in [-0.2, -0.15) is 0 Å². The van der Waals surface area contributed by atoms with Crippen molar-refractivity contribution in [1.82, 2.24) is 10.2 Å². The van der Waals surface area contributed by atoms with Crippen LogP contribution in [0.5, 0.6) is 0 Å². The molecule has 5 rings (SSSR count). The van der Waals surface area contributed by atoms with Crippen LogP contribution in [-0.2, 0) is 23.7 Å². The van der Waals surface area contributed by atoms with Crippen LogP contribution >= 0.6 is 0 Å². The molecule has 5 aliphatic rings. The first-order chi connectivity index (χ1) is 14.5. The summed E-state index contributed by atoms with van der Waals surface area (Å²) in [5, 5.41) is 4.02. The second-order valence-corrected chi connectivity index (χ2v) is 9.91. The Balaban J connectivity index is 1.37. The molecule has 7 heteroatoms. The highest BCUT2D eigenvalue weighted by Crippen LogP contribution is 2.49. The summed E-state index contributed by atoms with van der Waals surface area (Å²) < 4.78 is 22.5. The van der Waals surface area contributed by atoms with E-state index in [2.05, 4.69) is 17.1 Å². The number of hydrogen-bond acceptors (Lipinski definition) is 7. The summed E-state index contributed by atoms with van der Waals surface area (Å²) in [4.78, 5) is 15.1. The highest BCUT2D eigenvalue weighted by Gasteiger charge is 2.56. The minimum Gasteiger partial charge on any atom is -0.497 e. The number of nitrogens with one attached hydrogen (secondary N) is 1. The maximum atomic E-state index is 12.4. The molecule has 0 aromatic carbocycles. The molecule has 4 fully saturated rings. The van der Waals surface area contributed by atoms with Crippen molar-refractivity contribution in [3.8, 4) is 0 Å². The van der Waals surface area contributed by atoms with Gasteiger partial charge in [-0.1, -0.05) is 0 Å². The second-order valence-electron chi connectivity index (χ2n) is 9.91. The molecule has 7 nitrogen and oxygen atoms in total. The third-order valence-electron chi connectivity index (χ3n) is 8.87. The summed E-state index contributed by atoms with van der Waals surface area (Å²) in [5.74, 6) is 1.64. The van der Waals surface area contributed by atoms with Crippen LogP contribution in [0.15, 0.2) is 11.8 Å². The Bertz CT molecular complexity index is 699. The van der Waals surface area contributed by atoms with E-state index in [0.29, 0.717) is 35.9 Å². The van der Waals surface area contributed by atoms with Gasteiger partial charge >= 0.3 is 5.97 Å². The molecule has 0 aromatic rings. The van der Waals surface area contributed by atoms with Gasteiger partial charge in [-0.15, -0.1) is 0 Å². The van der Waals surface area contributed by atoms with Gasteiger partial charge in [0, 0.05) is 50.7 Å². The standard InChI is InChI=1S/C23H36N2O5/c1-12-16-10-25-6-5-13-15-8-20(27-2)21(28-3)9-18(15)24-22(13)19(25)7-14(16)17(11-30-12)23(26)29-4/h11-16,18-22,24H,5-10H2,1-4H3/t12-,13?,14-,15?,16-,18?,19?,20?,21?,22?/m0/s1. The summed E-state index contributed by atoms with van der Waals surface area (Å²) in [6, 6.07) is 1.43. The topological polar surface area (TPSA) is 69.3 Å². The molecule has 1 N–H and O–H groups in total. The van der Waals surface area contributed by atoms with E-state index in [4.69, 9.17) is 18.9 Å². The molecule has 4 heterocycles. The molecule has 0 aromatic heterocycles. The SMILES string of the molecule is COC(=O)C1=CO[C@@H](C)[C@@H]2CN3CCC4C5CC(OC)C(OC)CC5NC4C3C[C@H]12. The van der Waals surface area contributed by atoms with Crippen LogP contribution in [0.1, 0.15) is 32.6 Å². The molecule has 3 saturated heterocycles.